The topological polar surface area (TPSA) is 58.4 Å². The predicted molar refractivity (Wildman–Crippen MR) is 92.2 cm³/mol. The summed E-state index contributed by atoms with van der Waals surface area (Å²) in [6.45, 7) is 2.25. The van der Waals surface area contributed by atoms with Crippen LogP contribution < -0.4 is 5.32 Å². The molecule has 0 unspecified atom stereocenters. The normalized spacial score (nSPS) is 14.2. The van der Waals surface area contributed by atoms with Crippen molar-refractivity contribution in [1.82, 2.24) is 4.90 Å². The third-order valence-electron chi connectivity index (χ3n) is 3.90. The zero-order valence-corrected chi connectivity index (χ0v) is 13.8. The quantitative estimate of drug-likeness (QED) is 0.657. The molecule has 0 aliphatic carbocycles. The van der Waals surface area contributed by atoms with Crippen molar-refractivity contribution in [2.24, 2.45) is 0 Å². The van der Waals surface area contributed by atoms with Gasteiger partial charge in [-0.05, 0) is 35.7 Å². The number of halogens is 2. The molecule has 0 saturated carbocycles. The summed E-state index contributed by atoms with van der Waals surface area (Å²) in [4.78, 5) is 12.7. The number of non-ortho nitro benzene ring substituents is 1. The van der Waals surface area contributed by atoms with Gasteiger partial charge in [0.05, 0.1) is 11.6 Å². The third-order valence-corrected chi connectivity index (χ3v) is 4.49. The van der Waals surface area contributed by atoms with Crippen LogP contribution in [0.2, 0.25) is 10.0 Å². The number of nitro benzene ring substituents is 1. The Bertz CT molecular complexity index is 752. The van der Waals surface area contributed by atoms with Gasteiger partial charge in [-0.1, -0.05) is 29.3 Å². The van der Waals surface area contributed by atoms with Crippen molar-refractivity contribution in [1.29, 1.82) is 0 Å². The molecule has 0 fully saturated rings. The SMILES string of the molecule is O=[N+]([O-])c1ccc2c(c1)NCN(CCc1ccc(Cl)cc1Cl)C2. The smallest absolute Gasteiger partial charge is 0.271 e. The Morgan fingerprint density at radius 3 is 2.78 bits per heavy atom. The number of nitrogens with one attached hydrogen (secondary N) is 1. The number of rotatable bonds is 4. The Hall–Kier alpha value is -1.82. The molecule has 1 aliphatic heterocycles. The van der Waals surface area contributed by atoms with Crippen LogP contribution in [-0.2, 0) is 13.0 Å². The van der Waals surface area contributed by atoms with E-state index in [4.69, 9.17) is 23.2 Å². The molecule has 2 aromatic carbocycles. The first kappa shape index (κ1) is 16.1. The van der Waals surface area contributed by atoms with Crippen LogP contribution in [0.25, 0.3) is 0 Å². The van der Waals surface area contributed by atoms with Gasteiger partial charge in [-0.2, -0.15) is 0 Å². The highest BCUT2D eigenvalue weighted by molar-refractivity contribution is 6.35. The van der Waals surface area contributed by atoms with E-state index in [1.54, 1.807) is 18.2 Å². The van der Waals surface area contributed by atoms with E-state index in [-0.39, 0.29) is 10.6 Å². The largest absolute Gasteiger partial charge is 0.372 e. The molecule has 3 rings (SSSR count). The number of hydrogen-bond donors (Lipinski definition) is 1. The highest BCUT2D eigenvalue weighted by Gasteiger charge is 2.18. The maximum absolute atomic E-state index is 10.8. The Morgan fingerprint density at radius 1 is 1.22 bits per heavy atom. The van der Waals surface area contributed by atoms with Crippen LogP contribution in [0.5, 0.6) is 0 Å². The minimum Gasteiger partial charge on any atom is -0.372 e. The lowest BCUT2D eigenvalue weighted by Gasteiger charge is -2.29. The number of nitro groups is 1. The minimum atomic E-state index is -0.378. The van der Waals surface area contributed by atoms with Crippen molar-refractivity contribution in [3.05, 3.63) is 67.7 Å². The van der Waals surface area contributed by atoms with Crippen molar-refractivity contribution < 1.29 is 4.92 Å². The van der Waals surface area contributed by atoms with E-state index in [1.807, 2.05) is 18.2 Å². The molecule has 1 heterocycles. The number of benzene rings is 2. The molecule has 1 N–H and O–H groups in total. The second kappa shape index (κ2) is 6.74. The molecule has 120 valence electrons. The second-order valence-corrected chi connectivity index (χ2v) is 6.32. The molecular formula is C16H15Cl2N3O2. The molecule has 7 heteroatoms. The molecule has 5 nitrogen and oxygen atoms in total. The predicted octanol–water partition coefficient (Wildman–Crippen LogP) is 4.33. The van der Waals surface area contributed by atoms with E-state index in [2.05, 4.69) is 10.2 Å². The molecule has 0 radical (unpaired) electrons. The Kier molecular flexibility index (Phi) is 4.71. The lowest BCUT2D eigenvalue weighted by molar-refractivity contribution is -0.384. The summed E-state index contributed by atoms with van der Waals surface area (Å²) < 4.78 is 0. The summed E-state index contributed by atoms with van der Waals surface area (Å²) in [7, 11) is 0. The van der Waals surface area contributed by atoms with Crippen LogP contribution in [0.3, 0.4) is 0 Å². The van der Waals surface area contributed by atoms with Crippen molar-refractivity contribution >= 4 is 34.6 Å². The van der Waals surface area contributed by atoms with Gasteiger partial charge in [-0.15, -0.1) is 0 Å². The Labute approximate surface area is 144 Å². The summed E-state index contributed by atoms with van der Waals surface area (Å²) in [5, 5.41) is 15.4. The summed E-state index contributed by atoms with van der Waals surface area (Å²) in [6.07, 6.45) is 0.819. The zero-order chi connectivity index (χ0) is 16.4. The fraction of sp³-hybridized carbons (Fsp3) is 0.250. The van der Waals surface area contributed by atoms with E-state index < -0.39 is 0 Å². The zero-order valence-electron chi connectivity index (χ0n) is 12.3. The fourth-order valence-corrected chi connectivity index (χ4v) is 3.14. The van der Waals surface area contributed by atoms with Crippen LogP contribution in [0.15, 0.2) is 36.4 Å². The van der Waals surface area contributed by atoms with E-state index in [0.717, 1.165) is 36.3 Å². The molecule has 0 saturated heterocycles. The average molecular weight is 352 g/mol. The van der Waals surface area contributed by atoms with Gasteiger partial charge in [0.1, 0.15) is 0 Å². The number of fused-ring (bicyclic) bond motifs is 1. The summed E-state index contributed by atoms with van der Waals surface area (Å²) in [6, 6.07) is 10.5. The minimum absolute atomic E-state index is 0.109. The van der Waals surface area contributed by atoms with Crippen LogP contribution in [0.4, 0.5) is 11.4 Å². The Morgan fingerprint density at radius 2 is 2.04 bits per heavy atom. The second-order valence-electron chi connectivity index (χ2n) is 5.47. The van der Waals surface area contributed by atoms with E-state index in [0.29, 0.717) is 16.7 Å². The highest BCUT2D eigenvalue weighted by Crippen LogP contribution is 2.27. The fourth-order valence-electron chi connectivity index (χ4n) is 2.64. The lowest BCUT2D eigenvalue weighted by Crippen LogP contribution is -2.35. The molecular weight excluding hydrogens is 337 g/mol. The van der Waals surface area contributed by atoms with Crippen LogP contribution in [-0.4, -0.2) is 23.0 Å². The number of anilines is 1. The van der Waals surface area contributed by atoms with Gasteiger partial charge in [0.15, 0.2) is 0 Å². The van der Waals surface area contributed by atoms with Crippen LogP contribution >= 0.6 is 23.2 Å². The van der Waals surface area contributed by atoms with Gasteiger partial charge < -0.3 is 5.32 Å². The van der Waals surface area contributed by atoms with E-state index >= 15 is 0 Å². The first-order valence-corrected chi connectivity index (χ1v) is 7.96. The maximum atomic E-state index is 10.8. The monoisotopic (exact) mass is 351 g/mol. The summed E-state index contributed by atoms with van der Waals surface area (Å²) >= 11 is 12.1. The molecule has 2 aromatic rings. The third kappa shape index (κ3) is 3.75. The first-order valence-electron chi connectivity index (χ1n) is 7.20. The van der Waals surface area contributed by atoms with Crippen molar-refractivity contribution in [3.8, 4) is 0 Å². The summed E-state index contributed by atoms with van der Waals surface area (Å²) in [5.41, 5.74) is 3.06. The van der Waals surface area contributed by atoms with Crippen LogP contribution in [0, 0.1) is 10.1 Å². The molecule has 0 aromatic heterocycles. The number of nitrogens with zero attached hydrogens (tertiary/aromatic N) is 2. The average Bonchev–Trinajstić information content (AvgIpc) is 2.53. The van der Waals surface area contributed by atoms with E-state index in [1.165, 1.54) is 0 Å². The van der Waals surface area contributed by atoms with Crippen molar-refractivity contribution in [3.63, 3.8) is 0 Å². The molecule has 1 aliphatic rings. The first-order chi connectivity index (χ1) is 11.0. The standard InChI is InChI=1S/C16H15Cl2N3O2/c17-13-3-1-11(15(18)7-13)5-6-20-9-12-2-4-14(21(22)23)8-16(12)19-10-20/h1-4,7-8,19H,5-6,9-10H2. The maximum Gasteiger partial charge on any atom is 0.271 e. The van der Waals surface area contributed by atoms with Gasteiger partial charge in [-0.25, -0.2) is 0 Å². The van der Waals surface area contributed by atoms with Crippen LogP contribution in [0.1, 0.15) is 11.1 Å². The summed E-state index contributed by atoms with van der Waals surface area (Å²) in [5.74, 6) is 0. The van der Waals surface area contributed by atoms with E-state index in [9.17, 15) is 10.1 Å². The van der Waals surface area contributed by atoms with Crippen molar-refractivity contribution in [2.45, 2.75) is 13.0 Å². The molecule has 0 amide bonds. The van der Waals surface area contributed by atoms with Gasteiger partial charge in [0, 0.05) is 41.0 Å². The lowest BCUT2D eigenvalue weighted by atomic mass is 10.1. The van der Waals surface area contributed by atoms with Gasteiger partial charge in [-0.3, -0.25) is 15.0 Å². The highest BCUT2D eigenvalue weighted by atomic mass is 35.5. The van der Waals surface area contributed by atoms with Gasteiger partial charge in [0.25, 0.3) is 5.69 Å². The molecule has 0 bridgehead atoms. The Balaban J connectivity index is 1.64. The van der Waals surface area contributed by atoms with Crippen molar-refractivity contribution in [2.75, 3.05) is 18.5 Å². The molecule has 0 spiro atoms. The molecule has 23 heavy (non-hydrogen) atoms. The number of hydrogen-bond acceptors (Lipinski definition) is 4. The molecule has 0 atom stereocenters. The van der Waals surface area contributed by atoms with Gasteiger partial charge in [0.2, 0.25) is 0 Å². The van der Waals surface area contributed by atoms with Gasteiger partial charge >= 0.3 is 0 Å².